The van der Waals surface area contributed by atoms with Crippen LogP contribution in [0.25, 0.3) is 11.3 Å². The van der Waals surface area contributed by atoms with Gasteiger partial charge in [-0.05, 0) is 50.6 Å². The minimum atomic E-state index is -0.462. The first-order valence-electron chi connectivity index (χ1n) is 8.29. The lowest BCUT2D eigenvalue weighted by Crippen LogP contribution is -2.14. The summed E-state index contributed by atoms with van der Waals surface area (Å²) >= 11 is 1.26. The average molecular weight is 387 g/mol. The first-order chi connectivity index (χ1) is 12.9. The number of carbonyl (C=O) groups excluding carboxylic acids is 2. The summed E-state index contributed by atoms with van der Waals surface area (Å²) in [6.45, 7) is 5.39. The van der Waals surface area contributed by atoms with Crippen molar-refractivity contribution in [2.45, 2.75) is 20.8 Å². The van der Waals surface area contributed by atoms with Gasteiger partial charge in [-0.15, -0.1) is 11.3 Å². The predicted molar refractivity (Wildman–Crippen MR) is 102 cm³/mol. The van der Waals surface area contributed by atoms with Gasteiger partial charge in [0, 0.05) is 16.6 Å². The van der Waals surface area contributed by atoms with E-state index in [1.54, 1.807) is 38.3 Å². The van der Waals surface area contributed by atoms with Gasteiger partial charge in [-0.3, -0.25) is 10.1 Å². The van der Waals surface area contributed by atoms with Crippen LogP contribution in [0.3, 0.4) is 0 Å². The number of aromatic amines is 1. The van der Waals surface area contributed by atoms with Gasteiger partial charge in [-0.2, -0.15) is 0 Å². The topological polar surface area (TPSA) is 84.1 Å². The first-order valence-corrected chi connectivity index (χ1v) is 9.17. The molecule has 1 amide bonds. The number of rotatable bonds is 5. The summed E-state index contributed by atoms with van der Waals surface area (Å²) in [4.78, 5) is 31.9. The van der Waals surface area contributed by atoms with Gasteiger partial charge in [0.1, 0.15) is 11.5 Å². The Hall–Kier alpha value is -3.00. The summed E-state index contributed by atoms with van der Waals surface area (Å²) in [6, 6.07) is 5.96. The number of anilines is 1. The van der Waals surface area contributed by atoms with Gasteiger partial charge in [-0.25, -0.2) is 14.2 Å². The van der Waals surface area contributed by atoms with E-state index in [4.69, 9.17) is 4.74 Å². The summed E-state index contributed by atoms with van der Waals surface area (Å²) < 4.78 is 18.1. The van der Waals surface area contributed by atoms with Gasteiger partial charge in [0.15, 0.2) is 5.13 Å². The highest BCUT2D eigenvalue weighted by atomic mass is 32.1. The van der Waals surface area contributed by atoms with Crippen molar-refractivity contribution in [3.8, 4) is 11.3 Å². The highest BCUT2D eigenvalue weighted by Crippen LogP contribution is 2.26. The predicted octanol–water partition coefficient (Wildman–Crippen LogP) is 4.32. The molecule has 3 aromatic rings. The lowest BCUT2D eigenvalue weighted by Gasteiger charge is -2.03. The second-order valence-corrected chi connectivity index (χ2v) is 6.70. The van der Waals surface area contributed by atoms with E-state index >= 15 is 0 Å². The molecule has 0 fully saturated rings. The molecule has 0 aliphatic rings. The van der Waals surface area contributed by atoms with E-state index in [0.717, 1.165) is 5.56 Å². The summed E-state index contributed by atoms with van der Waals surface area (Å²) in [5, 5.41) is 4.91. The van der Waals surface area contributed by atoms with Gasteiger partial charge in [0.25, 0.3) is 5.91 Å². The monoisotopic (exact) mass is 387 g/mol. The molecule has 3 rings (SSSR count). The maximum absolute atomic E-state index is 13.0. The molecule has 0 radical (unpaired) electrons. The third kappa shape index (κ3) is 3.90. The van der Waals surface area contributed by atoms with E-state index in [2.05, 4.69) is 15.3 Å². The third-order valence-electron chi connectivity index (χ3n) is 4.01. The summed E-state index contributed by atoms with van der Waals surface area (Å²) in [5.41, 5.74) is 3.15. The Labute approximate surface area is 159 Å². The van der Waals surface area contributed by atoms with E-state index in [-0.39, 0.29) is 18.1 Å². The zero-order valence-corrected chi connectivity index (χ0v) is 15.9. The van der Waals surface area contributed by atoms with E-state index in [1.165, 1.54) is 23.5 Å². The molecule has 2 aromatic heterocycles. The molecule has 27 heavy (non-hydrogen) atoms. The zero-order valence-electron chi connectivity index (χ0n) is 15.1. The minimum Gasteiger partial charge on any atom is -0.462 e. The molecular weight excluding hydrogens is 369 g/mol. The number of aryl methyl sites for hydroxylation is 1. The van der Waals surface area contributed by atoms with E-state index < -0.39 is 11.9 Å². The van der Waals surface area contributed by atoms with Crippen LogP contribution in [-0.2, 0) is 4.74 Å². The maximum Gasteiger partial charge on any atom is 0.340 e. The molecule has 0 saturated carbocycles. The Morgan fingerprint density at radius 3 is 2.63 bits per heavy atom. The molecule has 6 nitrogen and oxygen atoms in total. The standard InChI is InChI=1S/C19H18FN3O3S/c1-4-26-18(25)15-10(2)16(21-11(15)3)17(24)23-19-22-14(9-27-19)12-5-7-13(20)8-6-12/h5-9,21H,4H2,1-3H3,(H,22,23,24). The molecule has 0 atom stereocenters. The van der Waals surface area contributed by atoms with Gasteiger partial charge < -0.3 is 9.72 Å². The number of esters is 1. The fraction of sp³-hybridized carbons (Fsp3) is 0.211. The van der Waals surface area contributed by atoms with Crippen molar-refractivity contribution in [3.63, 3.8) is 0 Å². The van der Waals surface area contributed by atoms with Crippen LogP contribution in [-0.4, -0.2) is 28.5 Å². The number of thiazole rings is 1. The van der Waals surface area contributed by atoms with Crippen LogP contribution in [0.1, 0.15) is 39.0 Å². The van der Waals surface area contributed by atoms with Crippen molar-refractivity contribution in [3.05, 3.63) is 58.0 Å². The number of hydrogen-bond donors (Lipinski definition) is 2. The number of nitrogens with zero attached hydrogens (tertiary/aromatic N) is 1. The summed E-state index contributed by atoms with van der Waals surface area (Å²) in [6.07, 6.45) is 0. The number of carbonyl (C=O) groups is 2. The Morgan fingerprint density at radius 2 is 1.96 bits per heavy atom. The smallest absolute Gasteiger partial charge is 0.340 e. The van der Waals surface area contributed by atoms with Gasteiger partial charge in [-0.1, -0.05) is 0 Å². The van der Waals surface area contributed by atoms with Crippen LogP contribution in [0.15, 0.2) is 29.6 Å². The van der Waals surface area contributed by atoms with Crippen LogP contribution in [0.5, 0.6) is 0 Å². The van der Waals surface area contributed by atoms with Crippen LogP contribution >= 0.6 is 11.3 Å². The molecule has 1 aromatic carbocycles. The fourth-order valence-electron chi connectivity index (χ4n) is 2.73. The maximum atomic E-state index is 13.0. The molecule has 0 bridgehead atoms. The number of ether oxygens (including phenoxy) is 1. The molecular formula is C19H18FN3O3S. The molecule has 0 aliphatic heterocycles. The molecule has 2 heterocycles. The first kappa shape index (κ1) is 18.8. The Morgan fingerprint density at radius 1 is 1.26 bits per heavy atom. The fourth-order valence-corrected chi connectivity index (χ4v) is 3.45. The largest absolute Gasteiger partial charge is 0.462 e. The van der Waals surface area contributed by atoms with Gasteiger partial charge in [0.2, 0.25) is 0 Å². The molecule has 0 unspecified atom stereocenters. The molecule has 8 heteroatoms. The van der Waals surface area contributed by atoms with Crippen molar-refractivity contribution in [1.29, 1.82) is 0 Å². The Bertz CT molecular complexity index is 992. The van der Waals surface area contributed by atoms with Crippen LogP contribution in [0, 0.1) is 19.7 Å². The molecule has 0 saturated heterocycles. The average Bonchev–Trinajstić information content (AvgIpc) is 3.20. The summed E-state index contributed by atoms with van der Waals surface area (Å²) in [7, 11) is 0. The highest BCUT2D eigenvalue weighted by molar-refractivity contribution is 7.14. The van der Waals surface area contributed by atoms with E-state index in [9.17, 15) is 14.0 Å². The van der Waals surface area contributed by atoms with Crippen LogP contribution in [0.2, 0.25) is 0 Å². The quantitative estimate of drug-likeness (QED) is 0.639. The Kier molecular flexibility index (Phi) is 5.36. The lowest BCUT2D eigenvalue weighted by molar-refractivity contribution is 0.0525. The molecule has 140 valence electrons. The number of nitrogens with one attached hydrogen (secondary N) is 2. The number of aromatic nitrogens is 2. The second-order valence-electron chi connectivity index (χ2n) is 5.84. The second kappa shape index (κ2) is 7.71. The van der Waals surface area contributed by atoms with Gasteiger partial charge in [0.05, 0.1) is 17.9 Å². The molecule has 2 N–H and O–H groups in total. The molecule has 0 aliphatic carbocycles. The molecule has 0 spiro atoms. The number of hydrogen-bond acceptors (Lipinski definition) is 5. The number of amides is 1. The van der Waals surface area contributed by atoms with Crippen LogP contribution in [0.4, 0.5) is 9.52 Å². The van der Waals surface area contributed by atoms with Crippen molar-refractivity contribution >= 4 is 28.3 Å². The normalized spacial score (nSPS) is 10.7. The minimum absolute atomic E-state index is 0.260. The van der Waals surface area contributed by atoms with E-state index in [0.29, 0.717) is 27.6 Å². The van der Waals surface area contributed by atoms with Crippen molar-refractivity contribution in [2.75, 3.05) is 11.9 Å². The van der Waals surface area contributed by atoms with Crippen molar-refractivity contribution in [2.24, 2.45) is 0 Å². The SMILES string of the molecule is CCOC(=O)c1c(C)[nH]c(C(=O)Nc2nc(-c3ccc(F)cc3)cs2)c1C. The highest BCUT2D eigenvalue weighted by Gasteiger charge is 2.23. The van der Waals surface area contributed by atoms with Crippen molar-refractivity contribution < 1.29 is 18.7 Å². The van der Waals surface area contributed by atoms with Crippen LogP contribution < -0.4 is 5.32 Å². The van der Waals surface area contributed by atoms with Crippen molar-refractivity contribution in [1.82, 2.24) is 9.97 Å². The van der Waals surface area contributed by atoms with E-state index in [1.807, 2.05) is 0 Å². The van der Waals surface area contributed by atoms with Gasteiger partial charge >= 0.3 is 5.97 Å². The summed E-state index contributed by atoms with van der Waals surface area (Å²) in [5.74, 6) is -1.18. The Balaban J connectivity index is 1.79. The number of benzene rings is 1. The third-order valence-corrected chi connectivity index (χ3v) is 4.77. The lowest BCUT2D eigenvalue weighted by atomic mass is 10.1. The number of halogens is 1. The number of H-pyrrole nitrogens is 1. The zero-order chi connectivity index (χ0) is 19.6.